The van der Waals surface area contributed by atoms with Crippen LogP contribution in [0.2, 0.25) is 0 Å². The summed E-state index contributed by atoms with van der Waals surface area (Å²) in [4.78, 5) is 15.5. The molecule has 0 aromatic carbocycles. The van der Waals surface area contributed by atoms with Crippen LogP contribution in [0.3, 0.4) is 0 Å². The first-order chi connectivity index (χ1) is 9.19. The lowest BCUT2D eigenvalue weighted by Gasteiger charge is -2.08. The van der Waals surface area contributed by atoms with Gasteiger partial charge in [0, 0.05) is 6.54 Å². The van der Waals surface area contributed by atoms with Crippen molar-refractivity contribution in [2.24, 2.45) is 0 Å². The summed E-state index contributed by atoms with van der Waals surface area (Å²) in [5.41, 5.74) is 0. The lowest BCUT2D eigenvalue weighted by molar-refractivity contribution is 0.0769. The fraction of sp³-hybridized carbons (Fsp3) is 0.444. The Bertz CT molecular complexity index is 519. The van der Waals surface area contributed by atoms with Crippen LogP contribution in [0.4, 0.5) is 14.7 Å². The maximum Gasteiger partial charge on any atom is 0.323 e. The van der Waals surface area contributed by atoms with Crippen LogP contribution >= 0.6 is 0 Å². The molecule has 0 unspecified atom stereocenters. The summed E-state index contributed by atoms with van der Waals surface area (Å²) in [6.07, 6.45) is 0.0763. The van der Waals surface area contributed by atoms with Gasteiger partial charge in [-0.3, -0.25) is 0 Å². The van der Waals surface area contributed by atoms with Crippen molar-refractivity contribution >= 4 is 5.95 Å². The largest absolute Gasteiger partial charge is 0.457 e. The summed E-state index contributed by atoms with van der Waals surface area (Å²) in [5.74, 6) is 0.347. The lowest BCUT2D eigenvalue weighted by Crippen LogP contribution is -2.14. The zero-order valence-electron chi connectivity index (χ0n) is 9.99. The van der Waals surface area contributed by atoms with Gasteiger partial charge >= 0.3 is 6.01 Å². The third-order valence-electron chi connectivity index (χ3n) is 1.90. The molecule has 0 saturated heterocycles. The van der Waals surface area contributed by atoms with Crippen molar-refractivity contribution in [3.63, 3.8) is 0 Å². The first-order valence-electron chi connectivity index (χ1n) is 5.45. The van der Waals surface area contributed by atoms with Gasteiger partial charge in [-0.25, -0.2) is 13.8 Å². The number of nitrogens with zero attached hydrogens (tertiary/aromatic N) is 6. The van der Waals surface area contributed by atoms with Crippen LogP contribution < -0.4 is 10.1 Å². The average molecular weight is 271 g/mol. The summed E-state index contributed by atoms with van der Waals surface area (Å²) in [6.45, 7) is 1.63. The van der Waals surface area contributed by atoms with Crippen molar-refractivity contribution in [3.05, 3.63) is 12.7 Å². The number of hydrogen-bond acceptors (Lipinski definition) is 7. The number of halogens is 2. The molecule has 2 aromatic rings. The zero-order chi connectivity index (χ0) is 13.7. The van der Waals surface area contributed by atoms with Crippen LogP contribution in [-0.4, -0.2) is 49.3 Å². The van der Waals surface area contributed by atoms with E-state index in [1.165, 1.54) is 17.3 Å². The second-order valence-electron chi connectivity index (χ2n) is 3.31. The average Bonchev–Trinajstić information content (AvgIpc) is 2.90. The summed E-state index contributed by atoms with van der Waals surface area (Å²) in [5, 5.41) is 6.69. The van der Waals surface area contributed by atoms with E-state index in [0.717, 1.165) is 0 Å². The third kappa shape index (κ3) is 3.53. The van der Waals surface area contributed by atoms with Crippen molar-refractivity contribution in [1.29, 1.82) is 0 Å². The van der Waals surface area contributed by atoms with E-state index >= 15 is 0 Å². The van der Waals surface area contributed by atoms with E-state index in [1.54, 1.807) is 0 Å². The molecule has 2 aromatic heterocycles. The number of ether oxygens (including phenoxy) is 1. The minimum absolute atomic E-state index is 0.132. The van der Waals surface area contributed by atoms with Crippen LogP contribution in [-0.2, 0) is 0 Å². The van der Waals surface area contributed by atoms with E-state index in [-0.39, 0.29) is 17.9 Å². The van der Waals surface area contributed by atoms with Crippen LogP contribution in [0.1, 0.15) is 6.92 Å². The highest BCUT2D eigenvalue weighted by Gasteiger charge is 2.11. The van der Waals surface area contributed by atoms with Crippen LogP contribution in [0.5, 0.6) is 6.01 Å². The fourth-order valence-corrected chi connectivity index (χ4v) is 1.20. The molecule has 0 aliphatic heterocycles. The van der Waals surface area contributed by atoms with Gasteiger partial charge < -0.3 is 10.1 Å². The maximum atomic E-state index is 12.1. The van der Waals surface area contributed by atoms with E-state index in [2.05, 4.69) is 30.4 Å². The summed E-state index contributed by atoms with van der Waals surface area (Å²) in [7, 11) is 0. The molecule has 1 N–H and O–H groups in total. The van der Waals surface area contributed by atoms with Crippen LogP contribution in [0, 0.1) is 0 Å². The molecule has 10 heteroatoms. The van der Waals surface area contributed by atoms with Crippen molar-refractivity contribution < 1.29 is 13.5 Å². The van der Waals surface area contributed by atoms with E-state index < -0.39 is 13.0 Å². The molecule has 2 rings (SSSR count). The lowest BCUT2D eigenvalue weighted by atomic mass is 10.7. The Labute approximate surface area is 106 Å². The van der Waals surface area contributed by atoms with Gasteiger partial charge in [0.2, 0.25) is 5.95 Å². The Balaban J connectivity index is 2.27. The molecule has 0 amide bonds. The maximum absolute atomic E-state index is 12.1. The quantitative estimate of drug-likeness (QED) is 0.819. The Morgan fingerprint density at radius 1 is 1.37 bits per heavy atom. The highest BCUT2D eigenvalue weighted by atomic mass is 19.3. The molecule has 8 nitrogen and oxygen atoms in total. The molecule has 19 heavy (non-hydrogen) atoms. The van der Waals surface area contributed by atoms with E-state index in [0.29, 0.717) is 6.54 Å². The van der Waals surface area contributed by atoms with Crippen molar-refractivity contribution in [2.45, 2.75) is 13.3 Å². The first-order valence-corrected chi connectivity index (χ1v) is 5.45. The topological polar surface area (TPSA) is 90.6 Å². The second kappa shape index (κ2) is 5.98. The van der Waals surface area contributed by atoms with E-state index in [9.17, 15) is 8.78 Å². The summed E-state index contributed by atoms with van der Waals surface area (Å²) in [6, 6.07) is -0.197. The standard InChI is InChI=1S/C9H11F2N7O/c1-2-13-7-15-8(18-5-12-4-14-18)17-9(16-7)19-3-6(10)11/h4-6H,2-3H2,1H3,(H,13,15,16,17). The van der Waals surface area contributed by atoms with Gasteiger partial charge in [-0.15, -0.1) is 0 Å². The molecule has 0 spiro atoms. The predicted molar refractivity (Wildman–Crippen MR) is 60.4 cm³/mol. The first kappa shape index (κ1) is 13.1. The fourth-order valence-electron chi connectivity index (χ4n) is 1.20. The third-order valence-corrected chi connectivity index (χ3v) is 1.90. The molecule has 0 saturated carbocycles. The molecule has 102 valence electrons. The Kier molecular flexibility index (Phi) is 4.11. The molecule has 2 heterocycles. The molecule has 0 bridgehead atoms. The molecule has 0 radical (unpaired) electrons. The summed E-state index contributed by atoms with van der Waals surface area (Å²) >= 11 is 0. The van der Waals surface area contributed by atoms with Gasteiger partial charge in [0.1, 0.15) is 12.7 Å². The van der Waals surface area contributed by atoms with Crippen molar-refractivity contribution in [2.75, 3.05) is 18.5 Å². The van der Waals surface area contributed by atoms with E-state index in [4.69, 9.17) is 4.74 Å². The van der Waals surface area contributed by atoms with Crippen molar-refractivity contribution in [1.82, 2.24) is 29.7 Å². The predicted octanol–water partition coefficient (Wildman–Crippen LogP) is 0.528. The number of nitrogens with one attached hydrogen (secondary N) is 1. The minimum Gasteiger partial charge on any atom is -0.457 e. The normalized spacial score (nSPS) is 10.7. The molecular weight excluding hydrogens is 260 g/mol. The number of rotatable bonds is 6. The van der Waals surface area contributed by atoms with Crippen LogP contribution in [0.25, 0.3) is 5.95 Å². The number of anilines is 1. The van der Waals surface area contributed by atoms with Gasteiger partial charge in [-0.05, 0) is 6.92 Å². The smallest absolute Gasteiger partial charge is 0.323 e. The second-order valence-corrected chi connectivity index (χ2v) is 3.31. The molecule has 0 aliphatic rings. The van der Waals surface area contributed by atoms with Gasteiger partial charge in [-0.2, -0.15) is 24.7 Å². The monoisotopic (exact) mass is 271 g/mol. The minimum atomic E-state index is -2.60. The highest BCUT2D eigenvalue weighted by molar-refractivity contribution is 5.29. The number of alkyl halides is 2. The molecule has 0 aliphatic carbocycles. The van der Waals surface area contributed by atoms with Crippen LogP contribution in [0.15, 0.2) is 12.7 Å². The van der Waals surface area contributed by atoms with Crippen molar-refractivity contribution in [3.8, 4) is 12.0 Å². The van der Waals surface area contributed by atoms with Gasteiger partial charge in [0.15, 0.2) is 6.61 Å². The van der Waals surface area contributed by atoms with Gasteiger partial charge in [-0.1, -0.05) is 0 Å². The summed E-state index contributed by atoms with van der Waals surface area (Å²) < 4.78 is 30.3. The molecule has 0 fully saturated rings. The number of hydrogen-bond donors (Lipinski definition) is 1. The number of aromatic nitrogens is 6. The Morgan fingerprint density at radius 3 is 2.84 bits per heavy atom. The molecule has 0 atom stereocenters. The Hall–Kier alpha value is -2.39. The Morgan fingerprint density at radius 2 is 2.21 bits per heavy atom. The van der Waals surface area contributed by atoms with Gasteiger partial charge in [0.05, 0.1) is 0 Å². The zero-order valence-corrected chi connectivity index (χ0v) is 9.99. The SMILES string of the molecule is CCNc1nc(OCC(F)F)nc(-n2cncn2)n1. The van der Waals surface area contributed by atoms with E-state index in [1.807, 2.05) is 6.92 Å². The highest BCUT2D eigenvalue weighted by Crippen LogP contribution is 2.10. The van der Waals surface area contributed by atoms with Gasteiger partial charge in [0.25, 0.3) is 12.4 Å². The molecular formula is C9H11F2N7O.